The Kier molecular flexibility index (Phi) is 6.14. The summed E-state index contributed by atoms with van der Waals surface area (Å²) in [6, 6.07) is 4.67. The van der Waals surface area contributed by atoms with Crippen molar-refractivity contribution in [2.75, 3.05) is 25.0 Å². The van der Waals surface area contributed by atoms with Crippen LogP contribution in [0.2, 0.25) is 0 Å². The number of rotatable bonds is 8. The highest BCUT2D eigenvalue weighted by Gasteiger charge is 2.24. The highest BCUT2D eigenvalue weighted by atomic mass is 16.6. The van der Waals surface area contributed by atoms with Gasteiger partial charge in [-0.15, -0.1) is 0 Å². The van der Waals surface area contributed by atoms with Crippen LogP contribution in [0.3, 0.4) is 0 Å². The molecule has 132 valence electrons. The number of nitro benzene ring substituents is 1. The highest BCUT2D eigenvalue weighted by molar-refractivity contribution is 5.94. The van der Waals surface area contributed by atoms with E-state index >= 15 is 0 Å². The summed E-state index contributed by atoms with van der Waals surface area (Å²) < 4.78 is 0. The molecule has 1 aliphatic heterocycles. The van der Waals surface area contributed by atoms with Gasteiger partial charge < -0.3 is 11.1 Å². The standard InChI is InChI=1S/C17H26N4O3/c1-12(2)9-14(20-7-3-4-8-20)11-19-15-6-5-13(17(18)22)10-16(15)21(23)24/h5-6,10,12,14,19H,3-4,7-9,11H2,1-2H3,(H2,18,22). The quantitative estimate of drug-likeness (QED) is 0.562. The van der Waals surface area contributed by atoms with Crippen molar-refractivity contribution in [2.24, 2.45) is 11.7 Å². The van der Waals surface area contributed by atoms with E-state index in [1.165, 1.54) is 25.0 Å². The third-order valence-corrected chi connectivity index (χ3v) is 4.41. The molecule has 7 nitrogen and oxygen atoms in total. The first-order chi connectivity index (χ1) is 11.4. The zero-order valence-corrected chi connectivity index (χ0v) is 14.3. The smallest absolute Gasteiger partial charge is 0.293 e. The number of anilines is 1. The van der Waals surface area contributed by atoms with Crippen molar-refractivity contribution in [1.82, 2.24) is 4.90 Å². The summed E-state index contributed by atoms with van der Waals surface area (Å²) >= 11 is 0. The maximum atomic E-state index is 11.3. The summed E-state index contributed by atoms with van der Waals surface area (Å²) in [6.07, 6.45) is 3.46. The number of nitrogens with one attached hydrogen (secondary N) is 1. The van der Waals surface area contributed by atoms with E-state index < -0.39 is 10.8 Å². The van der Waals surface area contributed by atoms with Gasteiger partial charge in [0.2, 0.25) is 5.91 Å². The second-order valence-electron chi connectivity index (χ2n) is 6.76. The Hall–Kier alpha value is -2.15. The van der Waals surface area contributed by atoms with Crippen LogP contribution in [-0.2, 0) is 0 Å². The molecule has 0 saturated carbocycles. The van der Waals surface area contributed by atoms with Crippen LogP contribution in [0.4, 0.5) is 11.4 Å². The topological polar surface area (TPSA) is 101 Å². The number of hydrogen-bond acceptors (Lipinski definition) is 5. The molecule has 1 unspecified atom stereocenters. The average Bonchev–Trinajstić information content (AvgIpc) is 3.05. The van der Waals surface area contributed by atoms with Crippen molar-refractivity contribution in [3.63, 3.8) is 0 Å². The minimum atomic E-state index is -0.667. The van der Waals surface area contributed by atoms with Crippen LogP contribution < -0.4 is 11.1 Å². The Labute approximate surface area is 142 Å². The molecule has 3 N–H and O–H groups in total. The van der Waals surface area contributed by atoms with Crippen LogP contribution in [0.15, 0.2) is 18.2 Å². The summed E-state index contributed by atoms with van der Waals surface area (Å²) in [4.78, 5) is 24.5. The molecule has 0 radical (unpaired) electrons. The number of primary amides is 1. The molecule has 0 spiro atoms. The number of likely N-dealkylation sites (tertiary alicyclic amines) is 1. The Morgan fingerprint density at radius 3 is 2.58 bits per heavy atom. The lowest BCUT2D eigenvalue weighted by atomic mass is 10.0. The molecule has 1 amide bonds. The van der Waals surface area contributed by atoms with Crippen molar-refractivity contribution in [3.8, 4) is 0 Å². The van der Waals surface area contributed by atoms with Gasteiger partial charge >= 0.3 is 0 Å². The molecule has 7 heteroatoms. The van der Waals surface area contributed by atoms with E-state index in [2.05, 4.69) is 24.1 Å². The third-order valence-electron chi connectivity index (χ3n) is 4.41. The number of carbonyl (C=O) groups is 1. The van der Waals surface area contributed by atoms with E-state index in [4.69, 9.17) is 5.73 Å². The van der Waals surface area contributed by atoms with Crippen molar-refractivity contribution < 1.29 is 9.72 Å². The third kappa shape index (κ3) is 4.67. The van der Waals surface area contributed by atoms with Gasteiger partial charge in [0, 0.05) is 24.2 Å². The molecular formula is C17H26N4O3. The molecule has 0 bridgehead atoms. The summed E-state index contributed by atoms with van der Waals surface area (Å²) in [5, 5.41) is 14.5. The Bertz CT molecular complexity index is 597. The Morgan fingerprint density at radius 2 is 2.04 bits per heavy atom. The van der Waals surface area contributed by atoms with Crippen molar-refractivity contribution >= 4 is 17.3 Å². The van der Waals surface area contributed by atoms with Crippen LogP contribution in [0, 0.1) is 16.0 Å². The highest BCUT2D eigenvalue weighted by Crippen LogP contribution is 2.26. The van der Waals surface area contributed by atoms with E-state index in [0.29, 0.717) is 24.2 Å². The van der Waals surface area contributed by atoms with Crippen LogP contribution in [0.1, 0.15) is 43.5 Å². The first kappa shape index (κ1) is 18.2. The van der Waals surface area contributed by atoms with Gasteiger partial charge in [-0.2, -0.15) is 0 Å². The molecule has 1 aliphatic rings. The average molecular weight is 334 g/mol. The molecular weight excluding hydrogens is 308 g/mol. The molecule has 1 heterocycles. The van der Waals surface area contributed by atoms with Gasteiger partial charge in [0.15, 0.2) is 0 Å². The second-order valence-corrected chi connectivity index (χ2v) is 6.76. The van der Waals surface area contributed by atoms with E-state index in [0.717, 1.165) is 19.5 Å². The van der Waals surface area contributed by atoms with Gasteiger partial charge in [-0.25, -0.2) is 0 Å². The normalized spacial score (nSPS) is 16.3. The summed E-state index contributed by atoms with van der Waals surface area (Å²) in [7, 11) is 0. The molecule has 1 aromatic rings. The maximum absolute atomic E-state index is 11.3. The van der Waals surface area contributed by atoms with E-state index in [1.807, 2.05) is 0 Å². The van der Waals surface area contributed by atoms with Crippen LogP contribution in [0.5, 0.6) is 0 Å². The number of carbonyl (C=O) groups excluding carboxylic acids is 1. The zero-order valence-electron chi connectivity index (χ0n) is 14.3. The molecule has 1 atom stereocenters. The van der Waals surface area contributed by atoms with Crippen LogP contribution in [-0.4, -0.2) is 41.4 Å². The lowest BCUT2D eigenvalue weighted by Gasteiger charge is -2.29. The number of nitrogens with two attached hydrogens (primary N) is 1. The van der Waals surface area contributed by atoms with Crippen molar-refractivity contribution in [2.45, 2.75) is 39.2 Å². The molecule has 24 heavy (non-hydrogen) atoms. The number of nitrogens with zero attached hydrogens (tertiary/aromatic N) is 2. The number of hydrogen-bond donors (Lipinski definition) is 2. The van der Waals surface area contributed by atoms with Gasteiger partial charge in [-0.05, 0) is 50.4 Å². The number of benzene rings is 1. The predicted molar refractivity (Wildman–Crippen MR) is 94.2 cm³/mol. The maximum Gasteiger partial charge on any atom is 0.293 e. The molecule has 2 rings (SSSR count). The summed E-state index contributed by atoms with van der Waals surface area (Å²) in [5.74, 6) is -0.107. The molecule has 0 aliphatic carbocycles. The fourth-order valence-electron chi connectivity index (χ4n) is 3.23. The lowest BCUT2D eigenvalue weighted by Crippen LogP contribution is -2.39. The van der Waals surface area contributed by atoms with E-state index in [9.17, 15) is 14.9 Å². The van der Waals surface area contributed by atoms with Gasteiger partial charge in [-0.1, -0.05) is 13.8 Å². The van der Waals surface area contributed by atoms with E-state index in [1.54, 1.807) is 6.07 Å². The molecule has 1 aromatic carbocycles. The van der Waals surface area contributed by atoms with Crippen LogP contribution >= 0.6 is 0 Å². The first-order valence-corrected chi connectivity index (χ1v) is 8.44. The second kappa shape index (κ2) is 8.10. The molecule has 0 aromatic heterocycles. The van der Waals surface area contributed by atoms with Crippen molar-refractivity contribution in [3.05, 3.63) is 33.9 Å². The SMILES string of the molecule is CC(C)CC(CNc1ccc(C(N)=O)cc1[N+](=O)[O-])N1CCCC1. The van der Waals surface area contributed by atoms with Gasteiger partial charge in [0.25, 0.3) is 5.69 Å². The van der Waals surface area contributed by atoms with Gasteiger partial charge in [0.05, 0.1) is 4.92 Å². The van der Waals surface area contributed by atoms with E-state index in [-0.39, 0.29) is 11.3 Å². The molecule has 1 fully saturated rings. The predicted octanol–water partition coefficient (Wildman–Crippen LogP) is 2.62. The molecule has 1 saturated heterocycles. The Balaban J connectivity index is 2.13. The largest absolute Gasteiger partial charge is 0.378 e. The summed E-state index contributed by atoms with van der Waals surface area (Å²) in [5.41, 5.74) is 5.66. The minimum Gasteiger partial charge on any atom is -0.378 e. The number of amides is 1. The lowest BCUT2D eigenvalue weighted by molar-refractivity contribution is -0.384. The first-order valence-electron chi connectivity index (χ1n) is 8.44. The fourth-order valence-corrected chi connectivity index (χ4v) is 3.23. The van der Waals surface area contributed by atoms with Gasteiger partial charge in [0.1, 0.15) is 5.69 Å². The monoisotopic (exact) mass is 334 g/mol. The number of nitro groups is 1. The minimum absolute atomic E-state index is 0.115. The van der Waals surface area contributed by atoms with Crippen molar-refractivity contribution in [1.29, 1.82) is 0 Å². The van der Waals surface area contributed by atoms with Crippen LogP contribution in [0.25, 0.3) is 0 Å². The summed E-state index contributed by atoms with van der Waals surface area (Å²) in [6.45, 7) is 7.19. The van der Waals surface area contributed by atoms with Gasteiger partial charge in [-0.3, -0.25) is 19.8 Å². The zero-order chi connectivity index (χ0) is 17.7. The Morgan fingerprint density at radius 1 is 1.38 bits per heavy atom. The fraction of sp³-hybridized carbons (Fsp3) is 0.588.